The van der Waals surface area contributed by atoms with Crippen molar-refractivity contribution in [2.24, 2.45) is 0 Å². The summed E-state index contributed by atoms with van der Waals surface area (Å²) in [7, 11) is 0. The maximum absolute atomic E-state index is 9.81. The van der Waals surface area contributed by atoms with Crippen LogP contribution in [0, 0.1) is 13.8 Å². The van der Waals surface area contributed by atoms with Gasteiger partial charge in [0.25, 0.3) is 0 Å². The van der Waals surface area contributed by atoms with Gasteiger partial charge in [0.05, 0.1) is 35.6 Å². The van der Waals surface area contributed by atoms with Crippen LogP contribution in [0.25, 0.3) is 98.8 Å². The van der Waals surface area contributed by atoms with E-state index in [1.807, 2.05) is 0 Å². The molecule has 1 heteroatoms. The Morgan fingerprint density at radius 3 is 1.76 bits per heavy atom. The second-order valence-corrected chi connectivity index (χ2v) is 13.6. The third kappa shape index (κ3) is 4.33. The van der Waals surface area contributed by atoms with E-state index < -0.39 is 223 Å². The smallest absolute Gasteiger partial charge is 0.136 e. The van der Waals surface area contributed by atoms with E-state index >= 15 is 0 Å². The number of hydrogen-bond acceptors (Lipinski definition) is 1. The molecule has 256 valence electrons. The van der Waals surface area contributed by atoms with Crippen molar-refractivity contribution in [3.8, 4) is 44.5 Å². The van der Waals surface area contributed by atoms with Gasteiger partial charge in [-0.2, -0.15) is 0 Å². The zero-order valence-corrected chi connectivity index (χ0v) is 28.9. The molecule has 0 bridgehead atoms. The van der Waals surface area contributed by atoms with E-state index in [0.29, 0.717) is 0 Å². The minimum atomic E-state index is -1.37. The van der Waals surface area contributed by atoms with Crippen LogP contribution in [0.15, 0.2) is 162 Å². The van der Waals surface area contributed by atoms with Gasteiger partial charge in [-0.05, 0) is 137 Å². The van der Waals surface area contributed by atoms with Gasteiger partial charge in [0.15, 0.2) is 0 Å². The Bertz CT molecular complexity index is 4600. The predicted molar refractivity (Wildman–Crippen MR) is 230 cm³/mol. The Morgan fingerprint density at radius 1 is 0.426 bits per heavy atom. The van der Waals surface area contributed by atoms with Crippen LogP contribution in [0.2, 0.25) is 0 Å². The lowest BCUT2D eigenvalue weighted by molar-refractivity contribution is 0.660. The molecule has 1 nitrogen and oxygen atoms in total. The number of fused-ring (bicyclic) bond motifs is 9. The van der Waals surface area contributed by atoms with Gasteiger partial charge < -0.3 is 4.42 Å². The molecule has 0 unspecified atom stereocenters. The molecule has 9 aromatic carbocycles. The van der Waals surface area contributed by atoms with Crippen LogP contribution >= 0.6 is 0 Å². The fourth-order valence-corrected chi connectivity index (χ4v) is 7.70. The van der Waals surface area contributed by atoms with E-state index in [4.69, 9.17) is 20.9 Å². The van der Waals surface area contributed by atoms with Gasteiger partial charge in [0.1, 0.15) is 11.2 Å². The Morgan fingerprint density at radius 2 is 1.02 bits per heavy atom. The summed E-state index contributed by atoms with van der Waals surface area (Å²) in [4.78, 5) is 0. The second-order valence-electron chi connectivity index (χ2n) is 13.6. The maximum Gasteiger partial charge on any atom is 0.136 e. The summed E-state index contributed by atoms with van der Waals surface area (Å²) >= 11 is 0. The molecule has 1 aromatic heterocycles. The monoisotopic (exact) mass is 716 g/mol. The van der Waals surface area contributed by atoms with Gasteiger partial charge in [0, 0.05) is 16.2 Å². The number of benzene rings is 9. The van der Waals surface area contributed by atoms with Gasteiger partial charge >= 0.3 is 0 Å². The summed E-state index contributed by atoms with van der Waals surface area (Å²) in [6, 6.07) is -18.9. The molecular formula is C53H38O. The quantitative estimate of drug-likeness (QED) is 0.166. The summed E-state index contributed by atoms with van der Waals surface area (Å²) in [6.45, 7) is 5.81. The van der Waals surface area contributed by atoms with Crippen LogP contribution in [-0.4, -0.2) is 0 Å². The molecule has 1 aliphatic rings. The van der Waals surface area contributed by atoms with Crippen LogP contribution < -0.4 is 0 Å². The van der Waals surface area contributed by atoms with Crippen LogP contribution in [0.3, 0.4) is 0 Å². The SMILES string of the molecule is [2H]c1c([2H])c([2H])c2c(c1[2H])-c1c([2H])c(-c3c([2H])c([2H])c(-c4c5c([2H])c([2H])c([2H])c(C)c5c(-c5c([2H])c([2H])c([2H])c6oc7c([2H])c8c([2H])c([2H])c([2H])c([2H])c8c([2H])c7c56)c5c(C)c([2H])c([2H])c([2H])c45)c([2H])c3[2H])c([2H])c([2H])c1C2(C)C. The fourth-order valence-electron chi connectivity index (χ4n) is 7.70. The van der Waals surface area contributed by atoms with Crippen molar-refractivity contribution in [3.05, 3.63) is 179 Å². The van der Waals surface area contributed by atoms with Crippen molar-refractivity contribution < 1.29 is 40.1 Å². The number of aryl methyl sites for hydroxylation is 2. The average Bonchev–Trinajstić information content (AvgIpc) is 4.03. The van der Waals surface area contributed by atoms with E-state index in [-0.39, 0.29) is 60.5 Å². The largest absolute Gasteiger partial charge is 0.456 e. The van der Waals surface area contributed by atoms with E-state index in [9.17, 15) is 19.2 Å². The Balaban J connectivity index is 1.36. The number of furan rings is 1. The molecule has 11 rings (SSSR count). The van der Waals surface area contributed by atoms with Crippen molar-refractivity contribution in [2.75, 3.05) is 0 Å². The van der Waals surface area contributed by atoms with Crippen LogP contribution in [0.1, 0.15) is 71.7 Å². The molecule has 0 aliphatic heterocycles. The molecule has 10 aromatic rings. The Labute approximate surface area is 351 Å². The molecule has 0 radical (unpaired) electrons. The predicted octanol–water partition coefficient (Wildman–Crippen LogP) is 15.0. The topological polar surface area (TPSA) is 13.1 Å². The highest BCUT2D eigenvalue weighted by atomic mass is 16.3. The molecule has 0 saturated heterocycles. The summed E-state index contributed by atoms with van der Waals surface area (Å²) in [5.41, 5.74) is -6.28. The van der Waals surface area contributed by atoms with Gasteiger partial charge in [-0.15, -0.1) is 0 Å². The van der Waals surface area contributed by atoms with Crippen molar-refractivity contribution in [2.45, 2.75) is 33.1 Å². The van der Waals surface area contributed by atoms with Crippen molar-refractivity contribution in [1.29, 1.82) is 0 Å². The molecular weight excluding hydrogens is 653 g/mol. The normalized spacial score (nSPS) is 20.1. The summed E-state index contributed by atoms with van der Waals surface area (Å²) in [6.07, 6.45) is 0. The minimum absolute atomic E-state index is 0.00787. The first kappa shape index (κ1) is 14.8. The van der Waals surface area contributed by atoms with Gasteiger partial charge in [-0.1, -0.05) is 147 Å². The van der Waals surface area contributed by atoms with Crippen molar-refractivity contribution in [1.82, 2.24) is 0 Å². The van der Waals surface area contributed by atoms with Crippen molar-refractivity contribution in [3.63, 3.8) is 0 Å². The molecule has 0 spiro atoms. The first-order valence-electron chi connectivity index (χ1n) is 29.9. The van der Waals surface area contributed by atoms with Crippen LogP contribution in [0.5, 0.6) is 0 Å². The van der Waals surface area contributed by atoms with E-state index in [1.165, 1.54) is 13.8 Å². The lowest BCUT2D eigenvalue weighted by Crippen LogP contribution is -2.14. The molecule has 0 fully saturated rings. The zero-order valence-electron chi connectivity index (χ0n) is 54.9. The maximum atomic E-state index is 9.81. The van der Waals surface area contributed by atoms with Gasteiger partial charge in [0.2, 0.25) is 0 Å². The molecule has 1 heterocycles. The van der Waals surface area contributed by atoms with Crippen molar-refractivity contribution >= 4 is 54.3 Å². The van der Waals surface area contributed by atoms with Gasteiger partial charge in [-0.25, -0.2) is 0 Å². The highest BCUT2D eigenvalue weighted by molar-refractivity contribution is 6.27. The fraction of sp³-hybridized carbons (Fsp3) is 0.0943. The molecule has 1 aliphatic carbocycles. The Hall–Kier alpha value is -6.44. The first-order valence-corrected chi connectivity index (χ1v) is 16.9. The van der Waals surface area contributed by atoms with Crippen LogP contribution in [-0.2, 0) is 5.41 Å². The molecule has 0 amide bonds. The molecule has 0 saturated carbocycles. The number of hydrogen-bond donors (Lipinski definition) is 0. The van der Waals surface area contributed by atoms with Crippen LogP contribution in [0.4, 0.5) is 0 Å². The average molecular weight is 717 g/mol. The first-order chi connectivity index (χ1) is 37.2. The second kappa shape index (κ2) is 11.3. The standard InChI is InChI=1S/C53H38O/c1-31-12-9-17-39-48(31)52(41-19-11-21-46-51(41)43-29-35-14-5-6-15-36(35)30-47(43)54-46)49-32(2)13-10-18-40(49)50(39)34-24-22-33(23-25-34)37-26-27-45-42(28-37)38-16-7-8-20-44(38)53(45,3)4/h5-30H,1-4H3/i5D,6D,7D,8D,9D,10D,11D,12D,13D,14D,15D,16D,17D,18D,19D,20D,21D,22D,23D,24D,25D,26D,27D,28D,29D,30D. The minimum Gasteiger partial charge on any atom is -0.456 e. The summed E-state index contributed by atoms with van der Waals surface area (Å²) in [5, 5.41) is -3.09. The zero-order chi connectivity index (χ0) is 58.9. The third-order valence-electron chi connectivity index (χ3n) is 10.2. The lowest BCUT2D eigenvalue weighted by atomic mass is 9.81. The molecule has 54 heavy (non-hydrogen) atoms. The van der Waals surface area contributed by atoms with E-state index in [1.54, 1.807) is 13.8 Å². The van der Waals surface area contributed by atoms with E-state index in [0.717, 1.165) is 0 Å². The summed E-state index contributed by atoms with van der Waals surface area (Å²) in [5.74, 6) is 0. The third-order valence-corrected chi connectivity index (χ3v) is 10.2. The summed E-state index contributed by atoms with van der Waals surface area (Å²) < 4.78 is 245. The van der Waals surface area contributed by atoms with Gasteiger partial charge in [-0.3, -0.25) is 0 Å². The molecule has 0 atom stereocenters. The molecule has 0 N–H and O–H groups in total. The highest BCUT2D eigenvalue weighted by Gasteiger charge is 2.35. The van der Waals surface area contributed by atoms with E-state index in [2.05, 4.69) is 0 Å². The highest BCUT2D eigenvalue weighted by Crippen LogP contribution is 2.51. The lowest BCUT2D eigenvalue weighted by Gasteiger charge is -2.21. The Kier molecular flexibility index (Phi) is 3.08. The number of rotatable bonds is 3.